The Hall–Kier alpha value is 0.594. The number of nitrogens with one attached hydrogen (secondary N) is 1. The van der Waals surface area contributed by atoms with Crippen molar-refractivity contribution in [2.24, 2.45) is 0 Å². The van der Waals surface area contributed by atoms with E-state index >= 15 is 0 Å². The molecule has 0 aliphatic rings. The second-order valence-electron chi connectivity index (χ2n) is 3.75. The summed E-state index contributed by atoms with van der Waals surface area (Å²) in [6, 6.07) is 0. The summed E-state index contributed by atoms with van der Waals surface area (Å²) in [4.78, 5) is 0. The molecule has 0 saturated heterocycles. The molecule has 86 valence electrons. The molecule has 0 heterocycles. The Morgan fingerprint density at radius 3 is 2.14 bits per heavy atom. The minimum atomic E-state index is -2.29. The summed E-state index contributed by atoms with van der Waals surface area (Å²) < 4.78 is 12.0. The van der Waals surface area contributed by atoms with Gasteiger partial charge in [0.1, 0.15) is 0 Å². The molecule has 0 unspecified atom stereocenters. The van der Waals surface area contributed by atoms with Gasteiger partial charge in [-0.25, -0.2) is 0 Å². The van der Waals surface area contributed by atoms with Crippen molar-refractivity contribution < 1.29 is 24.0 Å². The Bertz CT molecular complexity index is 129. The Labute approximate surface area is 92.9 Å². The third kappa shape index (κ3) is 6.96. The van der Waals surface area contributed by atoms with Crippen LogP contribution in [0.2, 0.25) is 9.95 Å². The normalized spacial score (nSPS) is 12.0. The van der Waals surface area contributed by atoms with Crippen LogP contribution >= 0.6 is 0 Å². The van der Waals surface area contributed by atoms with E-state index in [1.165, 1.54) is 19.3 Å². The molecule has 0 saturated carbocycles. The third-order valence-electron chi connectivity index (χ3n) is 2.56. The summed E-state index contributed by atoms with van der Waals surface area (Å²) in [6.07, 6.45) is 3.70. The van der Waals surface area contributed by atoms with Crippen molar-refractivity contribution in [3.63, 3.8) is 0 Å². The Morgan fingerprint density at radius 2 is 1.64 bits per heavy atom. The van der Waals surface area contributed by atoms with Crippen molar-refractivity contribution in [1.29, 1.82) is 0 Å². The fraction of sp³-hybridized carbons (Fsp3) is 1.00. The van der Waals surface area contributed by atoms with E-state index in [4.69, 9.17) is 6.64 Å². The van der Waals surface area contributed by atoms with Crippen molar-refractivity contribution in [3.8, 4) is 0 Å². The standard InChI is InChI=1S/C7H16N.2CH3O.CH3.Ti/c1-3-5-7-8-6-4-2;2*1-2;;/h8H,2-7H2,1H3;2*1H3;1H3;/q;2*-1;;+2. The minimum absolute atomic E-state index is 1.09. The summed E-state index contributed by atoms with van der Waals surface area (Å²) in [7, 11) is 3.54. The van der Waals surface area contributed by atoms with E-state index in [0.717, 1.165) is 17.8 Å². The van der Waals surface area contributed by atoms with E-state index in [1.807, 2.05) is 0 Å². The molecule has 0 atom stereocenters. The average Bonchev–Trinajstić information content (AvgIpc) is 2.23. The number of rotatable bonds is 9. The molecular weight excluding hydrogens is 214 g/mol. The number of hydrogen-bond donors (Lipinski definition) is 1. The molecule has 0 bridgehead atoms. The van der Waals surface area contributed by atoms with Gasteiger partial charge >= 0.3 is 92.8 Å². The third-order valence-corrected chi connectivity index (χ3v) is 7.22. The molecule has 0 aromatic carbocycles. The summed E-state index contributed by atoms with van der Waals surface area (Å²) in [5, 5.41) is 5.58. The van der Waals surface area contributed by atoms with Crippen LogP contribution in [0.15, 0.2) is 0 Å². The second kappa shape index (κ2) is 8.87. The van der Waals surface area contributed by atoms with Gasteiger partial charge in [0.05, 0.1) is 0 Å². The first-order valence-electron chi connectivity index (χ1n) is 5.49. The van der Waals surface area contributed by atoms with Crippen LogP contribution in [0.1, 0.15) is 26.2 Å². The topological polar surface area (TPSA) is 30.5 Å². The molecule has 0 aliphatic carbocycles. The van der Waals surface area contributed by atoms with E-state index < -0.39 is 17.4 Å². The van der Waals surface area contributed by atoms with Crippen molar-refractivity contribution in [3.05, 3.63) is 0 Å². The molecule has 0 radical (unpaired) electrons. The zero-order valence-corrected chi connectivity index (χ0v) is 11.6. The maximum absolute atomic E-state index is 5.45. The molecule has 0 aromatic rings. The van der Waals surface area contributed by atoms with Gasteiger partial charge in [0.15, 0.2) is 0 Å². The van der Waals surface area contributed by atoms with Gasteiger partial charge in [-0.2, -0.15) is 0 Å². The Morgan fingerprint density at radius 1 is 1.07 bits per heavy atom. The molecule has 1 N–H and O–H groups in total. The van der Waals surface area contributed by atoms with E-state index in [-0.39, 0.29) is 0 Å². The molecule has 0 amide bonds. The van der Waals surface area contributed by atoms with Crippen LogP contribution in [-0.2, 0) is 24.0 Å². The van der Waals surface area contributed by atoms with Crippen LogP contribution in [-0.4, -0.2) is 27.3 Å². The Balaban J connectivity index is 3.34. The van der Waals surface area contributed by atoms with E-state index in [9.17, 15) is 0 Å². The quantitative estimate of drug-likeness (QED) is 0.495. The summed E-state index contributed by atoms with van der Waals surface area (Å²) in [5.74, 6) is 0. The van der Waals surface area contributed by atoms with Crippen LogP contribution in [0.5, 0.6) is 0 Å². The van der Waals surface area contributed by atoms with Crippen LogP contribution in [0, 0.1) is 0 Å². The fourth-order valence-corrected chi connectivity index (χ4v) is 3.43. The SMILES string of the molecule is CCCCNCC[CH2][Ti]([CH3])([O]C)[O]C. The molecule has 0 aromatic heterocycles. The molecule has 4 heteroatoms. The van der Waals surface area contributed by atoms with E-state index in [0.29, 0.717) is 0 Å². The second-order valence-corrected chi connectivity index (χ2v) is 9.35. The molecule has 0 rings (SSSR count). The van der Waals surface area contributed by atoms with Crippen LogP contribution in [0.25, 0.3) is 0 Å². The van der Waals surface area contributed by atoms with E-state index in [1.54, 1.807) is 14.2 Å². The predicted molar refractivity (Wildman–Crippen MR) is 57.1 cm³/mol. The van der Waals surface area contributed by atoms with Crippen molar-refractivity contribution in [2.45, 2.75) is 36.1 Å². The first-order chi connectivity index (χ1) is 6.68. The monoisotopic (exact) mass is 239 g/mol. The van der Waals surface area contributed by atoms with Crippen molar-refractivity contribution >= 4 is 0 Å². The van der Waals surface area contributed by atoms with Gasteiger partial charge < -0.3 is 0 Å². The molecule has 3 nitrogen and oxygen atoms in total. The molecule has 0 spiro atoms. The molecule has 14 heavy (non-hydrogen) atoms. The van der Waals surface area contributed by atoms with Gasteiger partial charge in [-0.1, -0.05) is 0 Å². The fourth-order valence-electron chi connectivity index (χ4n) is 1.25. The first-order valence-corrected chi connectivity index (χ1v) is 9.43. The van der Waals surface area contributed by atoms with Gasteiger partial charge in [-0.3, -0.25) is 0 Å². The maximum atomic E-state index is 5.45. The van der Waals surface area contributed by atoms with Crippen molar-refractivity contribution in [2.75, 3.05) is 27.3 Å². The number of unbranched alkanes of at least 4 members (excludes halogenated alkanes) is 1. The van der Waals surface area contributed by atoms with Gasteiger partial charge in [0, 0.05) is 0 Å². The summed E-state index contributed by atoms with van der Waals surface area (Å²) >= 11 is -2.29. The molecular formula is C10H25NO2Ti. The summed E-state index contributed by atoms with van der Waals surface area (Å²) in [5.41, 5.74) is 0. The van der Waals surface area contributed by atoms with Crippen LogP contribution in [0.3, 0.4) is 0 Å². The van der Waals surface area contributed by atoms with Gasteiger partial charge in [0.2, 0.25) is 0 Å². The first kappa shape index (κ1) is 14.6. The van der Waals surface area contributed by atoms with Gasteiger partial charge in [-0.05, 0) is 0 Å². The van der Waals surface area contributed by atoms with Gasteiger partial charge in [-0.15, -0.1) is 0 Å². The zero-order valence-electron chi connectivity index (χ0n) is 10.1. The predicted octanol–water partition coefficient (Wildman–Crippen LogP) is 2.51. The molecule has 0 aliphatic heterocycles. The van der Waals surface area contributed by atoms with Gasteiger partial charge in [0.25, 0.3) is 0 Å². The Kier molecular flexibility index (Phi) is 9.24. The zero-order chi connectivity index (χ0) is 10.9. The van der Waals surface area contributed by atoms with Crippen LogP contribution in [0.4, 0.5) is 0 Å². The van der Waals surface area contributed by atoms with Crippen LogP contribution < -0.4 is 5.32 Å². The van der Waals surface area contributed by atoms with E-state index in [2.05, 4.69) is 17.5 Å². The number of hydrogen-bond acceptors (Lipinski definition) is 3. The summed E-state index contributed by atoms with van der Waals surface area (Å²) in [6.45, 7) is 4.44. The average molecular weight is 239 g/mol. The molecule has 0 fully saturated rings. The van der Waals surface area contributed by atoms with Crippen molar-refractivity contribution in [1.82, 2.24) is 5.32 Å².